The maximum atomic E-state index is 2.70. The minimum atomic E-state index is -0.0507. The Morgan fingerprint density at radius 3 is 1.68 bits per heavy atom. The van der Waals surface area contributed by atoms with Gasteiger partial charge in [0.25, 0.3) is 0 Å². The fourth-order valence-corrected chi connectivity index (χ4v) is 11.7. The molecule has 3 heterocycles. The van der Waals surface area contributed by atoms with E-state index in [-0.39, 0.29) is 6.85 Å². The highest BCUT2D eigenvalue weighted by Crippen LogP contribution is 2.51. The summed E-state index contributed by atoms with van der Waals surface area (Å²) < 4.78 is 2.65. The molecule has 3 heteroatoms. The number of rotatable bonds is 1. The largest absolute Gasteiger partial charge is 0.376 e. The van der Waals surface area contributed by atoms with Crippen LogP contribution in [0.25, 0.3) is 103 Å². The average molecular weight is 723 g/mol. The van der Waals surface area contributed by atoms with Crippen LogP contribution in [0.15, 0.2) is 140 Å². The van der Waals surface area contributed by atoms with Gasteiger partial charge in [-0.2, -0.15) is 0 Å². The Balaban J connectivity index is 1.20. The van der Waals surface area contributed by atoms with E-state index in [1.165, 1.54) is 148 Å². The van der Waals surface area contributed by atoms with E-state index >= 15 is 0 Å². The zero-order valence-electron chi connectivity index (χ0n) is 32.3. The Kier molecular flexibility index (Phi) is 5.40. The van der Waals surface area contributed by atoms with E-state index in [4.69, 9.17) is 0 Å². The molecule has 0 unspecified atom stereocenters. The average Bonchev–Trinajstić information content (AvgIpc) is 3.52. The Hall–Kier alpha value is -6.84. The summed E-state index contributed by atoms with van der Waals surface area (Å²) in [4.78, 5) is 2.70. The van der Waals surface area contributed by atoms with Crippen LogP contribution in [0.1, 0.15) is 22.3 Å². The van der Waals surface area contributed by atoms with E-state index in [9.17, 15) is 0 Å². The quantitative estimate of drug-likeness (QED) is 0.121. The second kappa shape index (κ2) is 10.1. The van der Waals surface area contributed by atoms with Gasteiger partial charge < -0.3 is 9.38 Å². The molecule has 2 aliphatic rings. The van der Waals surface area contributed by atoms with Gasteiger partial charge in [0.05, 0.1) is 16.7 Å². The Morgan fingerprint density at radius 1 is 0.439 bits per heavy atom. The summed E-state index contributed by atoms with van der Waals surface area (Å²) in [6.45, 7) is 8.88. The summed E-state index contributed by atoms with van der Waals surface area (Å²) in [5, 5.41) is 18.6. The molecule has 0 spiro atoms. The number of para-hydroxylation sites is 1. The van der Waals surface area contributed by atoms with Crippen molar-refractivity contribution < 1.29 is 0 Å². The first-order valence-electron chi connectivity index (χ1n) is 20.3. The minimum Gasteiger partial charge on any atom is -0.376 e. The maximum Gasteiger partial charge on any atom is 0.333 e. The van der Waals surface area contributed by atoms with E-state index in [2.05, 4.69) is 177 Å². The number of anilines is 2. The first kappa shape index (κ1) is 30.4. The molecule has 0 bridgehead atoms. The van der Waals surface area contributed by atoms with Crippen LogP contribution in [0.5, 0.6) is 0 Å². The topological polar surface area (TPSA) is 8.17 Å². The smallest absolute Gasteiger partial charge is 0.333 e. The van der Waals surface area contributed by atoms with Crippen LogP contribution in [0, 0.1) is 27.7 Å². The highest BCUT2D eigenvalue weighted by atomic mass is 15.1. The van der Waals surface area contributed by atoms with Crippen molar-refractivity contribution in [1.82, 2.24) is 4.57 Å². The minimum absolute atomic E-state index is 0.0507. The SMILES string of the molecule is Cc1cc2ccc3cc(N4B5c6c(c7ccc8cc(C)cc9ccc(c6-n6c%10ccc(C)cc%10c%10cc(C)cc5c%106)c7c89)-c5ccccc54)cc4ccc(c1)c2c34. The molecule has 0 saturated carbocycles. The van der Waals surface area contributed by atoms with Crippen LogP contribution >= 0.6 is 0 Å². The predicted octanol–water partition coefficient (Wildman–Crippen LogP) is 13.0. The number of benzene rings is 11. The van der Waals surface area contributed by atoms with E-state index in [1.807, 2.05) is 0 Å². The molecule has 0 aliphatic carbocycles. The van der Waals surface area contributed by atoms with E-state index in [1.54, 1.807) is 0 Å². The molecule has 14 rings (SSSR count). The van der Waals surface area contributed by atoms with Crippen LogP contribution in [0.4, 0.5) is 11.4 Å². The second-order valence-electron chi connectivity index (χ2n) is 17.2. The van der Waals surface area contributed by atoms with Crippen molar-refractivity contribution in [2.24, 2.45) is 0 Å². The molecule has 2 aliphatic heterocycles. The van der Waals surface area contributed by atoms with Crippen LogP contribution in [-0.2, 0) is 0 Å². The molecule has 0 N–H and O–H groups in total. The molecule has 1 aromatic heterocycles. The lowest BCUT2D eigenvalue weighted by Crippen LogP contribution is -2.60. The van der Waals surface area contributed by atoms with Crippen LogP contribution in [0.3, 0.4) is 0 Å². The summed E-state index contributed by atoms with van der Waals surface area (Å²) >= 11 is 0. The Labute approximate surface area is 329 Å². The maximum absolute atomic E-state index is 2.70. The van der Waals surface area contributed by atoms with Gasteiger partial charge >= 0.3 is 6.85 Å². The fraction of sp³-hybridized carbons (Fsp3) is 0.0741. The van der Waals surface area contributed by atoms with Crippen molar-refractivity contribution in [3.63, 3.8) is 0 Å². The summed E-state index contributed by atoms with van der Waals surface area (Å²) in [6.07, 6.45) is 0. The van der Waals surface area contributed by atoms with Crippen molar-refractivity contribution in [3.8, 4) is 16.8 Å². The molecule has 12 aromatic rings. The molecule has 0 fully saturated rings. The molecule has 11 aromatic carbocycles. The van der Waals surface area contributed by atoms with Gasteiger partial charge in [0, 0.05) is 38.5 Å². The third-order valence-electron chi connectivity index (χ3n) is 13.7. The summed E-state index contributed by atoms with van der Waals surface area (Å²) in [6, 6.07) is 54.5. The lowest BCUT2D eigenvalue weighted by atomic mass is 9.43. The lowest BCUT2D eigenvalue weighted by molar-refractivity contribution is 1.20. The standard InChI is InChI=1S/C54H35BN2/c1-28-9-18-45-42(23-28)43-24-31(4)25-44-53(43)56(45)54-41-17-15-35-22-30(3)21-34-14-16-40(50(41)49(34)35)51-39-7-5-6-8-46(39)57(55(44)52(51)54)38-26-36-12-10-32-19-29(2)20-33-11-13-37(27-38)48(36)47(32)33/h5-27H,1-4H3. The van der Waals surface area contributed by atoms with Crippen molar-refractivity contribution >= 4 is 116 Å². The molecular weight excluding hydrogens is 687 g/mol. The van der Waals surface area contributed by atoms with Gasteiger partial charge in [0.2, 0.25) is 0 Å². The van der Waals surface area contributed by atoms with Gasteiger partial charge in [-0.15, -0.1) is 0 Å². The van der Waals surface area contributed by atoms with Gasteiger partial charge in [0.1, 0.15) is 0 Å². The van der Waals surface area contributed by atoms with Crippen LogP contribution in [-0.4, -0.2) is 11.4 Å². The number of aromatic nitrogens is 1. The predicted molar refractivity (Wildman–Crippen MR) is 246 cm³/mol. The molecule has 0 radical (unpaired) electrons. The molecule has 0 atom stereocenters. The Morgan fingerprint density at radius 2 is 1.00 bits per heavy atom. The van der Waals surface area contributed by atoms with Crippen LogP contribution < -0.4 is 15.7 Å². The highest BCUT2D eigenvalue weighted by molar-refractivity contribution is 6.94. The van der Waals surface area contributed by atoms with Crippen LogP contribution in [0.2, 0.25) is 0 Å². The number of aryl methyl sites for hydroxylation is 4. The van der Waals surface area contributed by atoms with Gasteiger partial charge in [-0.1, -0.05) is 114 Å². The van der Waals surface area contributed by atoms with Crippen molar-refractivity contribution in [2.45, 2.75) is 27.7 Å². The van der Waals surface area contributed by atoms with Gasteiger partial charge in [-0.05, 0) is 146 Å². The Bertz CT molecular complexity index is 3730. The number of fused-ring (bicyclic) bond motifs is 9. The van der Waals surface area contributed by atoms with Gasteiger partial charge in [-0.3, -0.25) is 0 Å². The first-order valence-corrected chi connectivity index (χ1v) is 20.3. The van der Waals surface area contributed by atoms with E-state index < -0.39 is 0 Å². The monoisotopic (exact) mass is 722 g/mol. The summed E-state index contributed by atoms with van der Waals surface area (Å²) in [5.41, 5.74) is 17.0. The zero-order valence-corrected chi connectivity index (χ0v) is 32.3. The molecule has 0 saturated heterocycles. The van der Waals surface area contributed by atoms with Gasteiger partial charge in [-0.25, -0.2) is 0 Å². The third kappa shape index (κ3) is 3.65. The molecule has 57 heavy (non-hydrogen) atoms. The normalized spacial score (nSPS) is 13.5. The zero-order chi connectivity index (χ0) is 37.6. The third-order valence-corrected chi connectivity index (χ3v) is 13.7. The molecule has 264 valence electrons. The molecular formula is C54H35BN2. The number of hydrogen-bond acceptors (Lipinski definition) is 1. The molecule has 0 amide bonds. The summed E-state index contributed by atoms with van der Waals surface area (Å²) in [5.74, 6) is 0. The van der Waals surface area contributed by atoms with Crippen molar-refractivity contribution in [2.75, 3.05) is 4.81 Å². The second-order valence-corrected chi connectivity index (χ2v) is 17.2. The van der Waals surface area contributed by atoms with Crippen molar-refractivity contribution in [3.05, 3.63) is 162 Å². The molecule has 2 nitrogen and oxygen atoms in total. The van der Waals surface area contributed by atoms with Gasteiger partial charge in [0.15, 0.2) is 0 Å². The van der Waals surface area contributed by atoms with Crippen molar-refractivity contribution in [1.29, 1.82) is 0 Å². The van der Waals surface area contributed by atoms with E-state index in [0.29, 0.717) is 0 Å². The summed E-state index contributed by atoms with van der Waals surface area (Å²) in [7, 11) is 0. The van der Waals surface area contributed by atoms with E-state index in [0.717, 1.165) is 0 Å². The first-order chi connectivity index (χ1) is 27.9. The number of nitrogens with zero attached hydrogens (tertiary/aromatic N) is 2. The highest BCUT2D eigenvalue weighted by Gasteiger charge is 2.45. The number of hydrogen-bond donors (Lipinski definition) is 0. The fourth-order valence-electron chi connectivity index (χ4n) is 11.7. The lowest BCUT2D eigenvalue weighted by Gasteiger charge is -2.43.